The fourth-order valence-electron chi connectivity index (χ4n) is 1.64. The van der Waals surface area contributed by atoms with Gasteiger partial charge in [0, 0.05) is 13.5 Å². The van der Waals surface area contributed by atoms with Gasteiger partial charge in [-0.3, -0.25) is 4.79 Å². The second kappa shape index (κ2) is 6.78. The zero-order valence-electron chi connectivity index (χ0n) is 11.2. The van der Waals surface area contributed by atoms with Crippen LogP contribution in [0.5, 0.6) is 5.75 Å². The largest absolute Gasteiger partial charge is 0.478 e. The SMILES string of the molecule is CC(=O)NCCCC(C)(Oc1ccccc1)C(=O)O. The van der Waals surface area contributed by atoms with Crippen LogP contribution in [0.3, 0.4) is 0 Å². The average molecular weight is 265 g/mol. The van der Waals surface area contributed by atoms with Gasteiger partial charge in [-0.1, -0.05) is 18.2 Å². The second-order valence-corrected chi connectivity index (χ2v) is 4.54. The molecule has 0 aliphatic rings. The number of carbonyl (C=O) groups excluding carboxylic acids is 1. The van der Waals surface area contributed by atoms with Gasteiger partial charge in [0.1, 0.15) is 5.75 Å². The van der Waals surface area contributed by atoms with Gasteiger partial charge >= 0.3 is 5.97 Å². The number of aliphatic carboxylic acids is 1. The Balaban J connectivity index is 2.59. The van der Waals surface area contributed by atoms with Gasteiger partial charge in [0.2, 0.25) is 11.5 Å². The fraction of sp³-hybridized carbons (Fsp3) is 0.429. The highest BCUT2D eigenvalue weighted by atomic mass is 16.5. The van der Waals surface area contributed by atoms with E-state index in [2.05, 4.69) is 5.32 Å². The van der Waals surface area contributed by atoms with Crippen LogP contribution < -0.4 is 10.1 Å². The highest BCUT2D eigenvalue weighted by Gasteiger charge is 2.35. The third-order valence-electron chi connectivity index (χ3n) is 2.74. The van der Waals surface area contributed by atoms with Crippen molar-refractivity contribution in [1.29, 1.82) is 0 Å². The summed E-state index contributed by atoms with van der Waals surface area (Å²) >= 11 is 0. The molecule has 0 saturated heterocycles. The van der Waals surface area contributed by atoms with E-state index in [1.54, 1.807) is 24.3 Å². The van der Waals surface area contributed by atoms with Crippen LogP contribution in [-0.4, -0.2) is 29.1 Å². The van der Waals surface area contributed by atoms with Crippen LogP contribution in [0.4, 0.5) is 0 Å². The maximum Gasteiger partial charge on any atom is 0.347 e. The molecule has 0 saturated carbocycles. The minimum Gasteiger partial charge on any atom is -0.478 e. The van der Waals surface area contributed by atoms with Crippen LogP contribution in [0, 0.1) is 0 Å². The highest BCUT2D eigenvalue weighted by Crippen LogP contribution is 2.22. The first-order valence-electron chi connectivity index (χ1n) is 6.16. The topological polar surface area (TPSA) is 75.6 Å². The van der Waals surface area contributed by atoms with E-state index >= 15 is 0 Å². The van der Waals surface area contributed by atoms with E-state index in [4.69, 9.17) is 4.74 Å². The van der Waals surface area contributed by atoms with Gasteiger partial charge in [-0.15, -0.1) is 0 Å². The maximum atomic E-state index is 11.3. The number of carbonyl (C=O) groups is 2. The standard InChI is InChI=1S/C14H19NO4/c1-11(16)15-10-6-9-14(2,13(17)18)19-12-7-4-3-5-8-12/h3-5,7-8H,6,9-10H2,1-2H3,(H,15,16)(H,17,18). The lowest BCUT2D eigenvalue weighted by Gasteiger charge is -2.26. The summed E-state index contributed by atoms with van der Waals surface area (Å²) < 4.78 is 5.56. The molecule has 1 rings (SSSR count). The Labute approximate surface area is 112 Å². The summed E-state index contributed by atoms with van der Waals surface area (Å²) in [7, 11) is 0. The van der Waals surface area contributed by atoms with Crippen molar-refractivity contribution < 1.29 is 19.4 Å². The predicted molar refractivity (Wildman–Crippen MR) is 71.0 cm³/mol. The van der Waals surface area contributed by atoms with E-state index in [0.717, 1.165) is 0 Å². The van der Waals surface area contributed by atoms with Crippen LogP contribution in [0.25, 0.3) is 0 Å². The fourth-order valence-corrected chi connectivity index (χ4v) is 1.64. The molecule has 1 atom stereocenters. The molecule has 1 aromatic carbocycles. The van der Waals surface area contributed by atoms with Crippen molar-refractivity contribution in [3.05, 3.63) is 30.3 Å². The monoisotopic (exact) mass is 265 g/mol. The van der Waals surface area contributed by atoms with Gasteiger partial charge in [-0.2, -0.15) is 0 Å². The van der Waals surface area contributed by atoms with E-state index in [1.165, 1.54) is 13.8 Å². The molecule has 0 aliphatic carbocycles. The van der Waals surface area contributed by atoms with E-state index < -0.39 is 11.6 Å². The first-order valence-corrected chi connectivity index (χ1v) is 6.16. The maximum absolute atomic E-state index is 11.3. The lowest BCUT2D eigenvalue weighted by molar-refractivity contribution is -0.154. The zero-order chi connectivity index (χ0) is 14.3. The van der Waals surface area contributed by atoms with Gasteiger partial charge in [0.05, 0.1) is 0 Å². The van der Waals surface area contributed by atoms with E-state index in [0.29, 0.717) is 25.1 Å². The summed E-state index contributed by atoms with van der Waals surface area (Å²) in [5, 5.41) is 11.9. The van der Waals surface area contributed by atoms with E-state index in [9.17, 15) is 14.7 Å². The minimum absolute atomic E-state index is 0.124. The van der Waals surface area contributed by atoms with Crippen molar-refractivity contribution in [2.75, 3.05) is 6.54 Å². The summed E-state index contributed by atoms with van der Waals surface area (Å²) in [5.41, 5.74) is -1.29. The summed E-state index contributed by atoms with van der Waals surface area (Å²) in [6.45, 7) is 3.41. The summed E-state index contributed by atoms with van der Waals surface area (Å²) in [5.74, 6) is -0.618. The Morgan fingerprint density at radius 2 is 1.95 bits per heavy atom. The number of ether oxygens (including phenoxy) is 1. The molecule has 0 heterocycles. The number of carboxylic acids is 1. The first kappa shape index (κ1) is 15.0. The molecule has 0 fully saturated rings. The van der Waals surface area contributed by atoms with E-state index in [1.807, 2.05) is 6.07 Å². The number of carboxylic acid groups (broad SMARTS) is 1. The van der Waals surface area contributed by atoms with Crippen LogP contribution in [0.1, 0.15) is 26.7 Å². The van der Waals surface area contributed by atoms with Crippen LogP contribution in [0.2, 0.25) is 0 Å². The summed E-state index contributed by atoms with van der Waals surface area (Å²) in [6.07, 6.45) is 0.854. The number of benzene rings is 1. The zero-order valence-corrected chi connectivity index (χ0v) is 11.2. The Morgan fingerprint density at radius 3 is 2.47 bits per heavy atom. The smallest absolute Gasteiger partial charge is 0.347 e. The van der Waals surface area contributed by atoms with Crippen molar-refractivity contribution in [3.63, 3.8) is 0 Å². The number of amides is 1. The minimum atomic E-state index is -1.29. The number of nitrogens with one attached hydrogen (secondary N) is 1. The number of para-hydroxylation sites is 1. The Kier molecular flexibility index (Phi) is 5.36. The van der Waals surface area contributed by atoms with Gasteiger partial charge < -0.3 is 15.2 Å². The second-order valence-electron chi connectivity index (χ2n) is 4.54. The molecule has 104 valence electrons. The summed E-state index contributed by atoms with van der Waals surface area (Å²) in [4.78, 5) is 22.1. The molecular formula is C14H19NO4. The van der Waals surface area contributed by atoms with Crippen molar-refractivity contribution in [2.45, 2.75) is 32.3 Å². The third-order valence-corrected chi connectivity index (χ3v) is 2.74. The van der Waals surface area contributed by atoms with Gasteiger partial charge in [0.15, 0.2) is 0 Å². The predicted octanol–water partition coefficient (Wildman–Crippen LogP) is 1.83. The molecule has 0 spiro atoms. The molecular weight excluding hydrogens is 246 g/mol. The number of hydrogen-bond donors (Lipinski definition) is 2. The molecule has 0 aliphatic heterocycles. The molecule has 0 radical (unpaired) electrons. The average Bonchev–Trinajstić information content (AvgIpc) is 2.35. The Bertz CT molecular complexity index is 432. The Morgan fingerprint density at radius 1 is 1.32 bits per heavy atom. The first-order chi connectivity index (χ1) is 8.94. The lowest BCUT2D eigenvalue weighted by atomic mass is 10.00. The number of rotatable bonds is 7. The Hall–Kier alpha value is -2.04. The molecule has 1 aromatic rings. The van der Waals surface area contributed by atoms with Crippen molar-refractivity contribution >= 4 is 11.9 Å². The molecule has 2 N–H and O–H groups in total. The molecule has 5 nitrogen and oxygen atoms in total. The highest BCUT2D eigenvalue weighted by molar-refractivity contribution is 5.77. The van der Waals surface area contributed by atoms with Gasteiger partial charge in [-0.05, 0) is 31.9 Å². The van der Waals surface area contributed by atoms with Crippen LogP contribution in [-0.2, 0) is 9.59 Å². The lowest BCUT2D eigenvalue weighted by Crippen LogP contribution is -2.42. The van der Waals surface area contributed by atoms with Crippen molar-refractivity contribution in [2.24, 2.45) is 0 Å². The normalized spacial score (nSPS) is 13.4. The van der Waals surface area contributed by atoms with Gasteiger partial charge in [-0.25, -0.2) is 4.79 Å². The molecule has 0 aromatic heterocycles. The molecule has 1 amide bonds. The van der Waals surface area contributed by atoms with Crippen molar-refractivity contribution in [1.82, 2.24) is 5.32 Å². The van der Waals surface area contributed by atoms with Crippen molar-refractivity contribution in [3.8, 4) is 5.75 Å². The van der Waals surface area contributed by atoms with Gasteiger partial charge in [0.25, 0.3) is 0 Å². The van der Waals surface area contributed by atoms with Crippen LogP contribution in [0.15, 0.2) is 30.3 Å². The number of hydrogen-bond acceptors (Lipinski definition) is 3. The summed E-state index contributed by atoms with van der Waals surface area (Å²) in [6, 6.07) is 8.84. The molecule has 19 heavy (non-hydrogen) atoms. The molecule has 5 heteroatoms. The quantitative estimate of drug-likeness (QED) is 0.737. The van der Waals surface area contributed by atoms with Crippen LogP contribution >= 0.6 is 0 Å². The third kappa shape index (κ3) is 4.99. The molecule has 1 unspecified atom stereocenters. The van der Waals surface area contributed by atoms with E-state index in [-0.39, 0.29) is 5.91 Å². The molecule has 0 bridgehead atoms.